The molecule has 0 aliphatic carbocycles. The zero-order valence-corrected chi connectivity index (χ0v) is 14.3. The topological polar surface area (TPSA) is 52.0 Å². The van der Waals surface area contributed by atoms with E-state index in [1.54, 1.807) is 4.68 Å². The smallest absolute Gasteiger partial charge is 0.125 e. The molecule has 1 unspecified atom stereocenters. The van der Waals surface area contributed by atoms with Crippen LogP contribution in [0.5, 0.6) is 5.75 Å². The Balaban J connectivity index is 1.54. The van der Waals surface area contributed by atoms with E-state index >= 15 is 0 Å². The zero-order valence-electron chi connectivity index (χ0n) is 13.5. The van der Waals surface area contributed by atoms with Crippen LogP contribution in [0.1, 0.15) is 30.0 Å². The molecule has 0 fully saturated rings. The van der Waals surface area contributed by atoms with Gasteiger partial charge in [0, 0.05) is 30.2 Å². The van der Waals surface area contributed by atoms with Crippen molar-refractivity contribution in [2.24, 2.45) is 7.05 Å². The second-order valence-electron chi connectivity index (χ2n) is 6.14. The average Bonchev–Trinajstić information content (AvgIpc) is 2.83. The summed E-state index contributed by atoms with van der Waals surface area (Å²) in [6, 6.07) is 12.4. The van der Waals surface area contributed by atoms with Crippen LogP contribution in [0.3, 0.4) is 0 Å². The molecule has 124 valence electrons. The summed E-state index contributed by atoms with van der Waals surface area (Å²) < 4.78 is 7.61. The number of nitrogens with zero attached hydrogens (tertiary/aromatic N) is 3. The van der Waals surface area contributed by atoms with Crippen molar-refractivity contribution in [2.75, 3.05) is 6.61 Å². The van der Waals surface area contributed by atoms with Crippen molar-refractivity contribution in [1.82, 2.24) is 20.3 Å². The third-order valence-electron chi connectivity index (χ3n) is 4.47. The maximum absolute atomic E-state index is 6.09. The highest BCUT2D eigenvalue weighted by atomic mass is 35.5. The van der Waals surface area contributed by atoms with Gasteiger partial charge in [-0.2, -0.15) is 0 Å². The highest BCUT2D eigenvalue weighted by Crippen LogP contribution is 2.33. The summed E-state index contributed by atoms with van der Waals surface area (Å²) in [5.41, 5.74) is 4.34. The van der Waals surface area contributed by atoms with E-state index in [-0.39, 0.29) is 6.04 Å². The molecule has 4 rings (SSSR count). The minimum absolute atomic E-state index is 0.261. The van der Waals surface area contributed by atoms with Crippen LogP contribution in [-0.2, 0) is 13.6 Å². The fourth-order valence-electron chi connectivity index (χ4n) is 3.20. The number of benzene rings is 2. The van der Waals surface area contributed by atoms with Gasteiger partial charge in [0.2, 0.25) is 0 Å². The normalized spacial score (nSPS) is 17.3. The lowest BCUT2D eigenvalue weighted by atomic mass is 10.0. The van der Waals surface area contributed by atoms with Gasteiger partial charge in [-0.25, -0.2) is 4.68 Å². The molecule has 0 amide bonds. The van der Waals surface area contributed by atoms with Crippen LogP contribution in [0.4, 0.5) is 0 Å². The van der Waals surface area contributed by atoms with Crippen LogP contribution >= 0.6 is 11.6 Å². The van der Waals surface area contributed by atoms with E-state index in [9.17, 15) is 0 Å². The standard InChI is InChI=1S/C18H19ClN4O/c1-23-17-7-4-12(9-16(17)21-22-23)11-20-15-3-2-8-24-18-10-13(19)5-6-14(15)18/h4-7,9-10,15,20H,2-3,8,11H2,1H3. The highest BCUT2D eigenvalue weighted by Gasteiger charge is 2.19. The molecule has 0 radical (unpaired) electrons. The van der Waals surface area contributed by atoms with Gasteiger partial charge in [0.05, 0.1) is 12.1 Å². The Morgan fingerprint density at radius 2 is 2.21 bits per heavy atom. The van der Waals surface area contributed by atoms with Gasteiger partial charge in [0.1, 0.15) is 11.3 Å². The Bertz CT molecular complexity index is 877. The van der Waals surface area contributed by atoms with Crippen LogP contribution in [0.15, 0.2) is 36.4 Å². The molecule has 1 aliphatic rings. The summed E-state index contributed by atoms with van der Waals surface area (Å²) in [4.78, 5) is 0. The van der Waals surface area contributed by atoms with Crippen LogP contribution < -0.4 is 10.1 Å². The number of halogens is 1. The van der Waals surface area contributed by atoms with E-state index in [4.69, 9.17) is 16.3 Å². The van der Waals surface area contributed by atoms with Crippen molar-refractivity contribution in [2.45, 2.75) is 25.4 Å². The Hall–Kier alpha value is -2.11. The van der Waals surface area contributed by atoms with Crippen molar-refractivity contribution in [3.05, 3.63) is 52.5 Å². The molecule has 2 heterocycles. The summed E-state index contributed by atoms with van der Waals surface area (Å²) in [6.45, 7) is 1.51. The van der Waals surface area contributed by atoms with Crippen molar-refractivity contribution >= 4 is 22.6 Å². The Kier molecular flexibility index (Phi) is 4.12. The van der Waals surface area contributed by atoms with Gasteiger partial charge in [0.15, 0.2) is 0 Å². The lowest BCUT2D eigenvalue weighted by Gasteiger charge is -2.18. The largest absolute Gasteiger partial charge is 0.493 e. The molecule has 1 atom stereocenters. The number of rotatable bonds is 3. The van der Waals surface area contributed by atoms with Crippen molar-refractivity contribution in [1.29, 1.82) is 0 Å². The molecular weight excluding hydrogens is 324 g/mol. The lowest BCUT2D eigenvalue weighted by molar-refractivity contribution is 0.315. The molecule has 3 aromatic rings. The number of hydrogen-bond donors (Lipinski definition) is 1. The molecule has 24 heavy (non-hydrogen) atoms. The van der Waals surface area contributed by atoms with Gasteiger partial charge in [-0.3, -0.25) is 0 Å². The quantitative estimate of drug-likeness (QED) is 0.789. The van der Waals surface area contributed by atoms with Crippen LogP contribution in [0.25, 0.3) is 11.0 Å². The summed E-state index contributed by atoms with van der Waals surface area (Å²) in [5, 5.41) is 12.6. The first-order valence-electron chi connectivity index (χ1n) is 8.14. The third-order valence-corrected chi connectivity index (χ3v) is 4.71. The highest BCUT2D eigenvalue weighted by molar-refractivity contribution is 6.30. The molecule has 6 heteroatoms. The van der Waals surface area contributed by atoms with Gasteiger partial charge in [-0.05, 0) is 42.7 Å². The fraction of sp³-hybridized carbons (Fsp3) is 0.333. The maximum Gasteiger partial charge on any atom is 0.125 e. The fourth-order valence-corrected chi connectivity index (χ4v) is 3.36. The molecule has 0 saturated heterocycles. The number of nitrogens with one attached hydrogen (secondary N) is 1. The van der Waals surface area contributed by atoms with E-state index in [1.165, 1.54) is 11.1 Å². The van der Waals surface area contributed by atoms with Gasteiger partial charge >= 0.3 is 0 Å². The number of ether oxygens (including phenoxy) is 1. The Morgan fingerprint density at radius 1 is 1.29 bits per heavy atom. The first kappa shape index (κ1) is 15.4. The third kappa shape index (κ3) is 2.97. The summed E-state index contributed by atoms with van der Waals surface area (Å²) in [6.07, 6.45) is 2.06. The van der Waals surface area contributed by atoms with E-state index in [1.807, 2.05) is 19.2 Å². The molecule has 0 spiro atoms. The average molecular weight is 343 g/mol. The minimum atomic E-state index is 0.261. The van der Waals surface area contributed by atoms with Gasteiger partial charge < -0.3 is 10.1 Å². The SMILES string of the molecule is Cn1nnc2cc(CNC3CCCOc4cc(Cl)ccc43)ccc21. The molecule has 1 aromatic heterocycles. The van der Waals surface area contributed by atoms with Crippen LogP contribution in [0.2, 0.25) is 5.02 Å². The summed E-state index contributed by atoms with van der Waals surface area (Å²) >= 11 is 6.09. The molecule has 0 bridgehead atoms. The van der Waals surface area contributed by atoms with Crippen molar-refractivity contribution in [3.8, 4) is 5.75 Å². The maximum atomic E-state index is 6.09. The van der Waals surface area contributed by atoms with Gasteiger partial charge in [0.25, 0.3) is 0 Å². The minimum Gasteiger partial charge on any atom is -0.493 e. The Labute approximate surface area is 145 Å². The molecule has 2 aromatic carbocycles. The monoisotopic (exact) mass is 342 g/mol. The number of fused-ring (bicyclic) bond motifs is 2. The second kappa shape index (κ2) is 6.42. The number of aryl methyl sites for hydroxylation is 1. The number of aromatic nitrogens is 3. The van der Waals surface area contributed by atoms with Crippen molar-refractivity contribution < 1.29 is 4.74 Å². The second-order valence-corrected chi connectivity index (χ2v) is 6.58. The van der Waals surface area contributed by atoms with Gasteiger partial charge in [-0.15, -0.1) is 5.10 Å². The number of hydrogen-bond acceptors (Lipinski definition) is 4. The van der Waals surface area contributed by atoms with Gasteiger partial charge in [-0.1, -0.05) is 28.9 Å². The lowest BCUT2D eigenvalue weighted by Crippen LogP contribution is -2.20. The predicted octanol–water partition coefficient (Wildman–Crippen LogP) is 3.63. The molecule has 0 saturated carbocycles. The molecule has 1 N–H and O–H groups in total. The predicted molar refractivity (Wildman–Crippen MR) is 94.3 cm³/mol. The van der Waals surface area contributed by atoms with Crippen molar-refractivity contribution in [3.63, 3.8) is 0 Å². The molecule has 1 aliphatic heterocycles. The van der Waals surface area contributed by atoms with E-state index < -0.39 is 0 Å². The summed E-state index contributed by atoms with van der Waals surface area (Å²) in [5.74, 6) is 0.891. The van der Waals surface area contributed by atoms with Crippen LogP contribution in [0, 0.1) is 0 Å². The molecule has 5 nitrogen and oxygen atoms in total. The van der Waals surface area contributed by atoms with E-state index in [2.05, 4.69) is 39.9 Å². The van der Waals surface area contributed by atoms with E-state index in [0.29, 0.717) is 5.02 Å². The molecular formula is C18H19ClN4O. The zero-order chi connectivity index (χ0) is 16.5. The first-order valence-corrected chi connectivity index (χ1v) is 8.52. The van der Waals surface area contributed by atoms with Crippen LogP contribution in [-0.4, -0.2) is 21.6 Å². The first-order chi connectivity index (χ1) is 11.7. The van der Waals surface area contributed by atoms with E-state index in [0.717, 1.165) is 42.8 Å². The summed E-state index contributed by atoms with van der Waals surface area (Å²) in [7, 11) is 1.90. The Morgan fingerprint density at radius 3 is 3.12 bits per heavy atom.